The molecular formula is C36H68NO12P. The van der Waals surface area contributed by atoms with Gasteiger partial charge in [0.1, 0.15) is 36.6 Å². The van der Waals surface area contributed by atoms with E-state index in [-0.39, 0.29) is 12.8 Å². The minimum Gasteiger partial charge on any atom is -0.391 e. The number of hydrogen-bond donors (Lipinski definition) is 9. The summed E-state index contributed by atoms with van der Waals surface area (Å²) in [6, 6.07) is -1.18. The summed E-state index contributed by atoms with van der Waals surface area (Å²) in [5, 5.41) is 73.8. The summed E-state index contributed by atoms with van der Waals surface area (Å²) in [4.78, 5) is 23.2. The third kappa shape index (κ3) is 20.1. The van der Waals surface area contributed by atoms with Crippen LogP contribution in [0.2, 0.25) is 0 Å². The molecule has 1 rings (SSSR count). The van der Waals surface area contributed by atoms with Gasteiger partial charge in [0, 0.05) is 0 Å². The second-order valence-electron chi connectivity index (χ2n) is 13.6. The molecule has 0 aromatic heterocycles. The predicted molar refractivity (Wildman–Crippen MR) is 192 cm³/mol. The highest BCUT2D eigenvalue weighted by Gasteiger charge is 2.51. The molecule has 50 heavy (non-hydrogen) atoms. The summed E-state index contributed by atoms with van der Waals surface area (Å²) in [6.07, 6.45) is 11.6. The number of aliphatic hydroxyl groups is 7. The van der Waals surface area contributed by atoms with Crippen molar-refractivity contribution < 1.29 is 59.0 Å². The lowest BCUT2D eigenvalue weighted by atomic mass is 9.85. The molecule has 13 nitrogen and oxygen atoms in total. The molecule has 0 radical (unpaired) electrons. The summed E-state index contributed by atoms with van der Waals surface area (Å²) in [5.41, 5.74) is 0. The number of amides is 1. The van der Waals surface area contributed by atoms with Crippen LogP contribution in [0.5, 0.6) is 0 Å². The number of carbonyl (C=O) groups is 1. The number of aliphatic hydroxyl groups excluding tert-OH is 7. The maximum atomic E-state index is 12.8. The number of hydrogen-bond acceptors (Lipinski definition) is 11. The predicted octanol–water partition coefficient (Wildman–Crippen LogP) is 4.08. The van der Waals surface area contributed by atoms with Crippen molar-refractivity contribution in [3.05, 3.63) is 24.3 Å². The van der Waals surface area contributed by atoms with Crippen molar-refractivity contribution in [2.45, 2.75) is 191 Å². The Morgan fingerprint density at radius 3 is 1.78 bits per heavy atom. The van der Waals surface area contributed by atoms with Crippen LogP contribution in [0.4, 0.5) is 0 Å². The SMILES string of the molecule is CCCCCCCC/C=C\C/C=C\C(O)CC(=O)NC(COP(=O)(O)OC1C(O)C(O)C(O)C(O)C1O)C(O)CCCCCCCCCCC. The second-order valence-corrected chi connectivity index (χ2v) is 15.0. The summed E-state index contributed by atoms with van der Waals surface area (Å²) in [6.45, 7) is 3.66. The molecule has 9 N–H and O–H groups in total. The first-order valence-corrected chi connectivity index (χ1v) is 20.4. The van der Waals surface area contributed by atoms with E-state index in [1.165, 1.54) is 63.9 Å². The van der Waals surface area contributed by atoms with Crippen molar-refractivity contribution >= 4 is 13.7 Å². The molecule has 1 fully saturated rings. The van der Waals surface area contributed by atoms with Gasteiger partial charge in [0.2, 0.25) is 5.91 Å². The Kier molecular flexibility index (Phi) is 25.6. The Hall–Kier alpha value is -1.22. The summed E-state index contributed by atoms with van der Waals surface area (Å²) in [5.74, 6) is -0.632. The molecule has 0 spiro atoms. The number of allylic oxidation sites excluding steroid dienone is 3. The average Bonchev–Trinajstić information content (AvgIpc) is 3.08. The Morgan fingerprint density at radius 2 is 1.22 bits per heavy atom. The lowest BCUT2D eigenvalue weighted by Gasteiger charge is -2.41. The molecule has 0 aromatic carbocycles. The highest BCUT2D eigenvalue weighted by atomic mass is 31.2. The van der Waals surface area contributed by atoms with Gasteiger partial charge in [-0.25, -0.2) is 4.57 Å². The largest absolute Gasteiger partial charge is 0.472 e. The van der Waals surface area contributed by atoms with E-state index >= 15 is 0 Å². The fourth-order valence-corrected chi connectivity index (χ4v) is 6.86. The smallest absolute Gasteiger partial charge is 0.391 e. The van der Waals surface area contributed by atoms with Gasteiger partial charge in [0.15, 0.2) is 0 Å². The third-order valence-corrected chi connectivity index (χ3v) is 10.1. The van der Waals surface area contributed by atoms with E-state index in [1.54, 1.807) is 6.08 Å². The number of phosphoric ester groups is 1. The monoisotopic (exact) mass is 737 g/mol. The van der Waals surface area contributed by atoms with E-state index in [1.807, 2.05) is 6.08 Å². The number of nitrogens with one attached hydrogen (secondary N) is 1. The van der Waals surface area contributed by atoms with Crippen molar-refractivity contribution in [3.8, 4) is 0 Å². The van der Waals surface area contributed by atoms with Crippen LogP contribution in [-0.2, 0) is 18.4 Å². The number of rotatable bonds is 29. The Bertz CT molecular complexity index is 969. The molecule has 0 aromatic rings. The molecule has 8 atom stereocenters. The van der Waals surface area contributed by atoms with Gasteiger partial charge in [-0.3, -0.25) is 13.8 Å². The van der Waals surface area contributed by atoms with Crippen LogP contribution in [0.3, 0.4) is 0 Å². The Labute approximate surface area is 299 Å². The van der Waals surface area contributed by atoms with E-state index in [0.717, 1.165) is 38.5 Å². The lowest BCUT2D eigenvalue weighted by molar-refractivity contribution is -0.220. The fourth-order valence-electron chi connectivity index (χ4n) is 5.89. The molecular weight excluding hydrogens is 669 g/mol. The molecule has 14 heteroatoms. The zero-order valence-corrected chi connectivity index (χ0v) is 31.2. The van der Waals surface area contributed by atoms with Gasteiger partial charge in [-0.05, 0) is 25.7 Å². The van der Waals surface area contributed by atoms with Crippen LogP contribution in [0.1, 0.15) is 136 Å². The van der Waals surface area contributed by atoms with E-state index < -0.39 is 75.2 Å². The molecule has 1 aliphatic rings. The van der Waals surface area contributed by atoms with Crippen LogP contribution in [0, 0.1) is 0 Å². The first-order chi connectivity index (χ1) is 23.8. The molecule has 1 aliphatic carbocycles. The summed E-state index contributed by atoms with van der Waals surface area (Å²) in [7, 11) is -5.11. The van der Waals surface area contributed by atoms with Gasteiger partial charge >= 0.3 is 7.82 Å². The molecule has 1 saturated carbocycles. The summed E-state index contributed by atoms with van der Waals surface area (Å²) < 4.78 is 22.7. The van der Waals surface area contributed by atoms with Crippen LogP contribution in [-0.4, -0.2) is 108 Å². The van der Waals surface area contributed by atoms with Crippen LogP contribution in [0.15, 0.2) is 24.3 Å². The van der Waals surface area contributed by atoms with Gasteiger partial charge in [0.05, 0.1) is 31.3 Å². The topological polar surface area (TPSA) is 226 Å². The zero-order chi connectivity index (χ0) is 37.4. The van der Waals surface area contributed by atoms with E-state index in [9.17, 15) is 50.0 Å². The van der Waals surface area contributed by atoms with Crippen LogP contribution in [0.25, 0.3) is 0 Å². The fraction of sp³-hybridized carbons (Fsp3) is 0.861. The van der Waals surface area contributed by atoms with E-state index in [2.05, 4.69) is 25.2 Å². The number of phosphoric acid groups is 1. The van der Waals surface area contributed by atoms with Crippen molar-refractivity contribution in [1.82, 2.24) is 5.32 Å². The highest BCUT2D eigenvalue weighted by Crippen LogP contribution is 2.47. The van der Waals surface area contributed by atoms with Crippen molar-refractivity contribution in [3.63, 3.8) is 0 Å². The number of unbranched alkanes of at least 4 members (excludes halogenated alkanes) is 14. The molecule has 0 aliphatic heterocycles. The zero-order valence-electron chi connectivity index (χ0n) is 30.3. The number of carbonyl (C=O) groups excluding carboxylic acids is 1. The molecule has 0 saturated heterocycles. The lowest BCUT2D eigenvalue weighted by Crippen LogP contribution is -2.64. The first-order valence-electron chi connectivity index (χ1n) is 18.9. The normalized spacial score (nSPS) is 25.9. The second kappa shape index (κ2) is 27.4. The van der Waals surface area contributed by atoms with E-state index in [0.29, 0.717) is 12.8 Å². The van der Waals surface area contributed by atoms with Crippen LogP contribution >= 0.6 is 7.82 Å². The van der Waals surface area contributed by atoms with Gasteiger partial charge in [-0.1, -0.05) is 128 Å². The van der Waals surface area contributed by atoms with Gasteiger partial charge in [-0.2, -0.15) is 0 Å². The van der Waals surface area contributed by atoms with Gasteiger partial charge in [0.25, 0.3) is 0 Å². The minimum atomic E-state index is -5.11. The Balaban J connectivity index is 2.70. The average molecular weight is 738 g/mol. The molecule has 0 heterocycles. The maximum Gasteiger partial charge on any atom is 0.472 e. The van der Waals surface area contributed by atoms with Crippen molar-refractivity contribution in [2.24, 2.45) is 0 Å². The van der Waals surface area contributed by atoms with Gasteiger partial charge < -0.3 is 46.0 Å². The molecule has 1 amide bonds. The minimum absolute atomic E-state index is 0.255. The molecule has 294 valence electrons. The standard InChI is InChI=1S/C36H68NO12P/c1-3-5-7-9-11-13-14-16-17-19-21-23-27(38)25-30(40)37-28(29(39)24-22-20-18-15-12-10-8-6-4-2)26-48-50(46,47)49-36-34(44)32(42)31(41)33(43)35(36)45/h16-17,21,23,27-29,31-36,38-39,41-45H,3-15,18-20,22,24-26H2,1-2H3,(H,37,40)(H,46,47)/b17-16-,23-21-. The maximum absolute atomic E-state index is 12.8. The third-order valence-electron chi connectivity index (χ3n) is 9.08. The van der Waals surface area contributed by atoms with E-state index in [4.69, 9.17) is 9.05 Å². The molecule has 0 bridgehead atoms. The summed E-state index contributed by atoms with van der Waals surface area (Å²) >= 11 is 0. The highest BCUT2D eigenvalue weighted by molar-refractivity contribution is 7.47. The quantitative estimate of drug-likeness (QED) is 0.0301. The van der Waals surface area contributed by atoms with Crippen molar-refractivity contribution in [1.29, 1.82) is 0 Å². The van der Waals surface area contributed by atoms with Gasteiger partial charge in [-0.15, -0.1) is 0 Å². The molecule has 8 unspecified atom stereocenters. The van der Waals surface area contributed by atoms with Crippen LogP contribution < -0.4 is 5.32 Å². The van der Waals surface area contributed by atoms with Crippen molar-refractivity contribution in [2.75, 3.05) is 6.61 Å². The Morgan fingerprint density at radius 1 is 0.720 bits per heavy atom. The first kappa shape index (κ1) is 46.8.